The molecule has 25 heavy (non-hydrogen) atoms. The van der Waals surface area contributed by atoms with Crippen molar-refractivity contribution in [2.24, 2.45) is 0 Å². The van der Waals surface area contributed by atoms with E-state index in [2.05, 4.69) is 49.2 Å². The Kier molecular flexibility index (Phi) is 3.81. The van der Waals surface area contributed by atoms with Gasteiger partial charge in [0.2, 0.25) is 0 Å². The standard InChI is InChI=1S/C23H18FN/c1-15-12-16(2)14-18(13-15)23-22-5-3-4-20(21(22)10-11-25-23)17-6-8-19(24)9-7-17/h3-14H,1-2H3. The molecule has 0 saturated carbocycles. The quantitative estimate of drug-likeness (QED) is 0.419. The van der Waals surface area contributed by atoms with Crippen molar-refractivity contribution in [1.82, 2.24) is 4.98 Å². The van der Waals surface area contributed by atoms with Crippen LogP contribution in [0.25, 0.3) is 33.2 Å². The minimum atomic E-state index is -0.221. The van der Waals surface area contributed by atoms with Gasteiger partial charge in [0.1, 0.15) is 5.82 Å². The van der Waals surface area contributed by atoms with Crippen molar-refractivity contribution in [2.45, 2.75) is 13.8 Å². The van der Waals surface area contributed by atoms with E-state index < -0.39 is 0 Å². The summed E-state index contributed by atoms with van der Waals surface area (Å²) in [5.41, 5.74) is 6.65. The molecule has 0 N–H and O–H groups in total. The Morgan fingerprint density at radius 1 is 0.720 bits per heavy atom. The average molecular weight is 327 g/mol. The summed E-state index contributed by atoms with van der Waals surface area (Å²) in [7, 11) is 0. The van der Waals surface area contributed by atoms with Crippen LogP contribution in [0.4, 0.5) is 4.39 Å². The van der Waals surface area contributed by atoms with Crippen molar-refractivity contribution < 1.29 is 4.39 Å². The number of benzene rings is 3. The highest BCUT2D eigenvalue weighted by atomic mass is 19.1. The molecule has 0 atom stereocenters. The topological polar surface area (TPSA) is 12.9 Å². The van der Waals surface area contributed by atoms with Gasteiger partial charge in [-0.05, 0) is 60.7 Å². The number of nitrogens with zero attached hydrogens (tertiary/aromatic N) is 1. The van der Waals surface area contributed by atoms with E-state index in [1.54, 1.807) is 0 Å². The number of hydrogen-bond donors (Lipinski definition) is 0. The molecule has 2 heteroatoms. The van der Waals surface area contributed by atoms with Crippen molar-refractivity contribution in [3.05, 3.63) is 89.9 Å². The van der Waals surface area contributed by atoms with Gasteiger partial charge in [0, 0.05) is 17.1 Å². The second kappa shape index (κ2) is 6.14. The molecule has 1 aromatic heterocycles. The zero-order valence-electron chi connectivity index (χ0n) is 14.3. The van der Waals surface area contributed by atoms with Crippen LogP contribution in [0.15, 0.2) is 72.9 Å². The van der Waals surface area contributed by atoms with Crippen molar-refractivity contribution in [1.29, 1.82) is 0 Å². The average Bonchev–Trinajstić information content (AvgIpc) is 2.60. The van der Waals surface area contributed by atoms with Crippen LogP contribution in [-0.2, 0) is 0 Å². The molecule has 122 valence electrons. The molecule has 0 spiro atoms. The third-order valence-electron chi connectivity index (χ3n) is 4.46. The molecule has 0 saturated heterocycles. The SMILES string of the molecule is Cc1cc(C)cc(-c2nccc3c(-c4ccc(F)cc4)cccc23)c1. The second-order valence-electron chi connectivity index (χ2n) is 6.44. The third kappa shape index (κ3) is 2.91. The number of pyridine rings is 1. The fourth-order valence-corrected chi connectivity index (χ4v) is 3.43. The molecule has 0 radical (unpaired) electrons. The van der Waals surface area contributed by atoms with Gasteiger partial charge in [-0.3, -0.25) is 4.98 Å². The van der Waals surface area contributed by atoms with Gasteiger partial charge in [0.15, 0.2) is 0 Å². The molecule has 0 bridgehead atoms. The van der Waals surface area contributed by atoms with Crippen molar-refractivity contribution in [2.75, 3.05) is 0 Å². The lowest BCUT2D eigenvalue weighted by molar-refractivity contribution is 0.628. The molecule has 0 aliphatic heterocycles. The number of fused-ring (bicyclic) bond motifs is 1. The number of halogens is 1. The summed E-state index contributed by atoms with van der Waals surface area (Å²) in [6.45, 7) is 4.21. The lowest BCUT2D eigenvalue weighted by Gasteiger charge is -2.11. The third-order valence-corrected chi connectivity index (χ3v) is 4.46. The van der Waals surface area contributed by atoms with Gasteiger partial charge in [-0.2, -0.15) is 0 Å². The molecule has 0 unspecified atom stereocenters. The first-order valence-corrected chi connectivity index (χ1v) is 8.34. The molecule has 0 fully saturated rings. The number of aryl methyl sites for hydroxylation is 2. The van der Waals surface area contributed by atoms with Crippen LogP contribution in [0.2, 0.25) is 0 Å². The van der Waals surface area contributed by atoms with E-state index in [1.807, 2.05) is 30.5 Å². The van der Waals surface area contributed by atoms with Crippen molar-refractivity contribution >= 4 is 10.8 Å². The van der Waals surface area contributed by atoms with E-state index in [-0.39, 0.29) is 5.82 Å². The van der Waals surface area contributed by atoms with Gasteiger partial charge in [-0.15, -0.1) is 0 Å². The van der Waals surface area contributed by atoms with E-state index in [9.17, 15) is 4.39 Å². The van der Waals surface area contributed by atoms with Gasteiger partial charge in [-0.1, -0.05) is 47.5 Å². The van der Waals surface area contributed by atoms with Crippen molar-refractivity contribution in [3.63, 3.8) is 0 Å². The lowest BCUT2D eigenvalue weighted by atomic mass is 9.95. The molecular formula is C23H18FN. The summed E-state index contributed by atoms with van der Waals surface area (Å²) >= 11 is 0. The van der Waals surface area contributed by atoms with E-state index in [0.29, 0.717) is 0 Å². The summed E-state index contributed by atoms with van der Waals surface area (Å²) in [5, 5.41) is 2.23. The van der Waals surface area contributed by atoms with Crippen LogP contribution in [0.5, 0.6) is 0 Å². The van der Waals surface area contributed by atoms with E-state index in [1.165, 1.54) is 23.3 Å². The first-order chi connectivity index (χ1) is 12.1. The smallest absolute Gasteiger partial charge is 0.123 e. The molecule has 3 aromatic carbocycles. The largest absolute Gasteiger partial charge is 0.256 e. The highest BCUT2D eigenvalue weighted by molar-refractivity contribution is 6.03. The minimum absolute atomic E-state index is 0.221. The Morgan fingerprint density at radius 2 is 1.44 bits per heavy atom. The van der Waals surface area contributed by atoms with Crippen LogP contribution >= 0.6 is 0 Å². The van der Waals surface area contributed by atoms with Gasteiger partial charge in [0.25, 0.3) is 0 Å². The Hall–Kier alpha value is -3.00. The van der Waals surface area contributed by atoms with Crippen LogP contribution in [0.3, 0.4) is 0 Å². The number of hydrogen-bond acceptors (Lipinski definition) is 1. The highest BCUT2D eigenvalue weighted by Gasteiger charge is 2.10. The molecule has 1 nitrogen and oxygen atoms in total. The summed E-state index contributed by atoms with van der Waals surface area (Å²) in [6.07, 6.45) is 1.85. The molecule has 0 amide bonds. The van der Waals surface area contributed by atoms with Crippen LogP contribution in [0, 0.1) is 19.7 Å². The maximum absolute atomic E-state index is 13.3. The molecular weight excluding hydrogens is 309 g/mol. The molecule has 0 aliphatic carbocycles. The zero-order chi connectivity index (χ0) is 17.4. The normalized spacial score (nSPS) is 11.0. The summed E-state index contributed by atoms with van der Waals surface area (Å²) in [5.74, 6) is -0.221. The first kappa shape index (κ1) is 15.5. The maximum Gasteiger partial charge on any atom is 0.123 e. The number of aromatic nitrogens is 1. The molecule has 4 rings (SSSR count). The lowest BCUT2D eigenvalue weighted by Crippen LogP contribution is -1.90. The monoisotopic (exact) mass is 327 g/mol. The van der Waals surface area contributed by atoms with Gasteiger partial charge in [-0.25, -0.2) is 4.39 Å². The van der Waals surface area contributed by atoms with Crippen molar-refractivity contribution in [3.8, 4) is 22.4 Å². The van der Waals surface area contributed by atoms with Gasteiger partial charge in [0.05, 0.1) is 5.69 Å². The summed E-state index contributed by atoms with van der Waals surface area (Å²) in [6, 6.07) is 21.4. The van der Waals surface area contributed by atoms with E-state index in [0.717, 1.165) is 33.2 Å². The van der Waals surface area contributed by atoms with Crippen LogP contribution in [0.1, 0.15) is 11.1 Å². The van der Waals surface area contributed by atoms with E-state index in [4.69, 9.17) is 0 Å². The molecule has 0 aliphatic rings. The van der Waals surface area contributed by atoms with Gasteiger partial charge >= 0.3 is 0 Å². The number of rotatable bonds is 2. The summed E-state index contributed by atoms with van der Waals surface area (Å²) in [4.78, 5) is 4.65. The fourth-order valence-electron chi connectivity index (χ4n) is 3.43. The van der Waals surface area contributed by atoms with Gasteiger partial charge < -0.3 is 0 Å². The Balaban J connectivity index is 1.97. The Morgan fingerprint density at radius 3 is 2.16 bits per heavy atom. The Bertz CT molecular complexity index is 1040. The van der Waals surface area contributed by atoms with Crippen LogP contribution < -0.4 is 0 Å². The first-order valence-electron chi connectivity index (χ1n) is 8.34. The predicted molar refractivity (Wildman–Crippen MR) is 102 cm³/mol. The highest BCUT2D eigenvalue weighted by Crippen LogP contribution is 2.34. The maximum atomic E-state index is 13.3. The summed E-state index contributed by atoms with van der Waals surface area (Å²) < 4.78 is 13.3. The molecule has 1 heterocycles. The minimum Gasteiger partial charge on any atom is -0.256 e. The zero-order valence-corrected chi connectivity index (χ0v) is 14.3. The predicted octanol–water partition coefficient (Wildman–Crippen LogP) is 6.32. The second-order valence-corrected chi connectivity index (χ2v) is 6.44. The van der Waals surface area contributed by atoms with Crippen LogP contribution in [-0.4, -0.2) is 4.98 Å². The molecule has 4 aromatic rings. The van der Waals surface area contributed by atoms with E-state index >= 15 is 0 Å². The fraction of sp³-hybridized carbons (Fsp3) is 0.0870. The Labute approximate surface area is 146 Å².